The molecule has 0 bridgehead atoms. The lowest BCUT2D eigenvalue weighted by atomic mass is 9.93. The van der Waals surface area contributed by atoms with Gasteiger partial charge in [-0.1, -0.05) is 168 Å². The van der Waals surface area contributed by atoms with E-state index in [4.69, 9.17) is 0 Å². The van der Waals surface area contributed by atoms with E-state index in [2.05, 4.69) is 13.8 Å². The highest BCUT2D eigenvalue weighted by molar-refractivity contribution is 7.58. The number of carbonyl (C=O) groups is 2. The Bertz CT molecular complexity index is 619. The summed E-state index contributed by atoms with van der Waals surface area (Å²) in [7, 11) is 6.47. The number of hydrogen-bond acceptors (Lipinski definition) is 3. The van der Waals surface area contributed by atoms with Crippen LogP contribution in [0.5, 0.6) is 0 Å². The van der Waals surface area contributed by atoms with Crippen molar-refractivity contribution >= 4 is 19.9 Å². The Hall–Kier alpha value is -0.310. The third-order valence-corrected chi connectivity index (χ3v) is 9.57. The van der Waals surface area contributed by atoms with Crippen molar-refractivity contribution in [2.45, 2.75) is 193 Å². The van der Waals surface area contributed by atoms with Crippen LogP contribution in [0.15, 0.2) is 0 Å². The van der Waals surface area contributed by atoms with Gasteiger partial charge in [0.1, 0.15) is 5.78 Å². The summed E-state index contributed by atoms with van der Waals surface area (Å²) in [6.07, 6.45) is 33.4. The summed E-state index contributed by atoms with van der Waals surface area (Å²) >= 11 is 0. The van der Waals surface area contributed by atoms with E-state index in [9.17, 15) is 14.7 Å². The molecular weight excluding hydrogens is 537 g/mol. The molecule has 0 fully saturated rings. The van der Waals surface area contributed by atoms with E-state index in [1.165, 1.54) is 135 Å². The molecule has 4 nitrogen and oxygen atoms in total. The number of Topliss-reactive ketones (excluding diaryl/α,β-unsaturated/α-hetero) is 1. The van der Waals surface area contributed by atoms with Crippen molar-refractivity contribution < 1.29 is 19.2 Å². The van der Waals surface area contributed by atoms with E-state index in [1.54, 1.807) is 0 Å². The molecule has 0 radical (unpaired) electrons. The summed E-state index contributed by atoms with van der Waals surface area (Å²) < 4.78 is 0.609. The van der Waals surface area contributed by atoms with Crippen LogP contribution in [0.4, 0.5) is 0 Å². The van der Waals surface area contributed by atoms with Crippen LogP contribution in [-0.2, 0) is 9.59 Å². The Morgan fingerprint density at radius 3 is 1.24 bits per heavy atom. The highest BCUT2D eigenvalue weighted by Crippen LogP contribution is 2.29. The van der Waals surface area contributed by atoms with Gasteiger partial charge in [-0.3, -0.25) is 4.79 Å². The SMILES string of the molecule is CCCCCCCCCCCCCCCCCC(=O)C(CCCCCCCCCCCC)C(=O)[P-]C(O)C[N+](C)(C)C. The van der Waals surface area contributed by atoms with Gasteiger partial charge in [-0.2, -0.15) is 0 Å². The third kappa shape index (κ3) is 28.5. The van der Waals surface area contributed by atoms with Gasteiger partial charge in [-0.15, -0.1) is 0 Å². The number of carbonyl (C=O) groups excluding carboxylic acids is 2. The first-order valence-electron chi connectivity index (χ1n) is 18.5. The smallest absolute Gasteiger partial charge is 0.140 e. The van der Waals surface area contributed by atoms with E-state index in [0.717, 1.165) is 25.7 Å². The second kappa shape index (κ2) is 29.4. The van der Waals surface area contributed by atoms with Gasteiger partial charge in [0.2, 0.25) is 0 Å². The normalized spacial score (nSPS) is 13.7. The second-order valence-corrected chi connectivity index (χ2v) is 15.4. The van der Waals surface area contributed by atoms with E-state index < -0.39 is 11.8 Å². The van der Waals surface area contributed by atoms with E-state index in [1.807, 2.05) is 21.1 Å². The third-order valence-electron chi connectivity index (χ3n) is 8.55. The standard InChI is InChI=1S/C37H74NO3P/c1-6-8-10-12-14-16-18-19-20-21-22-24-26-28-30-32-35(39)34(37(41)42-36(40)33-38(3,4)5)31-29-27-25-23-17-15-13-11-9-7-2/h34,36,40H,6-33H2,1-5H3. The molecule has 0 amide bonds. The Kier molecular flexibility index (Phi) is 29.2. The molecule has 0 aliphatic rings. The molecule has 0 spiro atoms. The fourth-order valence-corrected chi connectivity index (χ4v) is 7.19. The number of ketones is 1. The predicted octanol–water partition coefficient (Wildman–Crippen LogP) is 11.2. The van der Waals surface area contributed by atoms with Gasteiger partial charge in [-0.25, -0.2) is 0 Å². The largest absolute Gasteiger partial charge is 0.426 e. The molecular formula is C37H74NO3P. The maximum Gasteiger partial charge on any atom is 0.140 e. The van der Waals surface area contributed by atoms with Gasteiger partial charge in [-0.05, 0) is 24.2 Å². The highest BCUT2D eigenvalue weighted by atomic mass is 31.1. The van der Waals surface area contributed by atoms with Gasteiger partial charge in [0.25, 0.3) is 0 Å². The van der Waals surface area contributed by atoms with E-state index >= 15 is 0 Å². The van der Waals surface area contributed by atoms with Crippen molar-refractivity contribution in [1.82, 2.24) is 0 Å². The first kappa shape index (κ1) is 41.7. The lowest BCUT2D eigenvalue weighted by molar-refractivity contribution is -0.871. The van der Waals surface area contributed by atoms with Crippen LogP contribution in [0.25, 0.3) is 0 Å². The van der Waals surface area contributed by atoms with Gasteiger partial charge >= 0.3 is 0 Å². The minimum atomic E-state index is -0.702. The Balaban J connectivity index is 4.21. The van der Waals surface area contributed by atoms with Crippen LogP contribution in [-0.4, -0.2) is 54.4 Å². The van der Waals surface area contributed by atoms with Crippen LogP contribution in [0.3, 0.4) is 0 Å². The topological polar surface area (TPSA) is 54.4 Å². The molecule has 0 saturated heterocycles. The van der Waals surface area contributed by atoms with Gasteiger partial charge in [0, 0.05) is 12.3 Å². The Morgan fingerprint density at radius 1 is 0.548 bits per heavy atom. The Labute approximate surface area is 265 Å². The molecule has 42 heavy (non-hydrogen) atoms. The number of rotatable bonds is 33. The summed E-state index contributed by atoms with van der Waals surface area (Å²) in [6.45, 7) is 5.05. The molecule has 0 aromatic carbocycles. The van der Waals surface area contributed by atoms with Crippen LogP contribution in [0.2, 0.25) is 0 Å². The maximum absolute atomic E-state index is 13.2. The molecule has 1 N–H and O–H groups in total. The fourth-order valence-electron chi connectivity index (χ4n) is 5.87. The number of hydrogen-bond donors (Lipinski definition) is 1. The van der Waals surface area contributed by atoms with Crippen LogP contribution in [0, 0.1) is 5.92 Å². The van der Waals surface area contributed by atoms with Crippen LogP contribution < -0.4 is 0 Å². The van der Waals surface area contributed by atoms with E-state index in [-0.39, 0.29) is 11.3 Å². The Morgan fingerprint density at radius 2 is 0.881 bits per heavy atom. The molecule has 0 rings (SSSR count). The molecule has 0 saturated carbocycles. The molecule has 5 heteroatoms. The molecule has 0 heterocycles. The van der Waals surface area contributed by atoms with E-state index in [0.29, 0.717) is 32.5 Å². The van der Waals surface area contributed by atoms with Gasteiger partial charge in [0.05, 0.1) is 27.7 Å². The zero-order valence-electron chi connectivity index (χ0n) is 29.1. The molecule has 0 aliphatic carbocycles. The molecule has 0 aromatic heterocycles. The van der Waals surface area contributed by atoms with Crippen LogP contribution in [0.1, 0.15) is 187 Å². The monoisotopic (exact) mass is 612 g/mol. The minimum Gasteiger partial charge on any atom is -0.426 e. The maximum atomic E-state index is 13.2. The average molecular weight is 612 g/mol. The summed E-state index contributed by atoms with van der Waals surface area (Å²) in [4.78, 5) is 26.3. The first-order chi connectivity index (χ1) is 20.2. The zero-order valence-corrected chi connectivity index (χ0v) is 30.0. The summed E-state index contributed by atoms with van der Waals surface area (Å²) in [5, 5.41) is 10.5. The zero-order chi connectivity index (χ0) is 31.3. The first-order valence-corrected chi connectivity index (χ1v) is 19.4. The van der Waals surface area contributed by atoms with Gasteiger partial charge in [0.15, 0.2) is 0 Å². The molecule has 250 valence electrons. The quantitative estimate of drug-likeness (QED) is 0.0347. The van der Waals surface area contributed by atoms with Crippen molar-refractivity contribution in [3.8, 4) is 0 Å². The summed E-state index contributed by atoms with van der Waals surface area (Å²) in [5.74, 6) is -1.10. The fraction of sp³-hybridized carbons (Fsp3) is 0.946. The predicted molar refractivity (Wildman–Crippen MR) is 185 cm³/mol. The van der Waals surface area contributed by atoms with Gasteiger partial charge < -0.3 is 23.0 Å². The van der Waals surface area contributed by atoms with Crippen molar-refractivity contribution in [1.29, 1.82) is 0 Å². The summed E-state index contributed by atoms with van der Waals surface area (Å²) in [5.41, 5.74) is -0.0576. The second-order valence-electron chi connectivity index (χ2n) is 14.1. The lowest BCUT2D eigenvalue weighted by Gasteiger charge is -2.34. The number of unbranched alkanes of at least 4 members (excludes halogenated alkanes) is 23. The molecule has 0 aromatic rings. The highest BCUT2D eigenvalue weighted by Gasteiger charge is 2.21. The minimum absolute atomic E-state index is 0.0576. The molecule has 2 atom stereocenters. The molecule has 2 unspecified atom stereocenters. The number of quaternary nitrogens is 1. The van der Waals surface area contributed by atoms with Crippen molar-refractivity contribution in [3.05, 3.63) is 0 Å². The number of aliphatic hydroxyl groups excluding tert-OH is 1. The lowest BCUT2D eigenvalue weighted by Crippen LogP contribution is -2.40. The number of likely N-dealkylation sites (N-methyl/N-ethyl adjacent to an activating group) is 1. The average Bonchev–Trinajstić information content (AvgIpc) is 2.92. The van der Waals surface area contributed by atoms with Crippen molar-refractivity contribution in [2.75, 3.05) is 27.7 Å². The van der Waals surface area contributed by atoms with Crippen molar-refractivity contribution in [2.24, 2.45) is 5.92 Å². The van der Waals surface area contributed by atoms with Crippen molar-refractivity contribution in [3.63, 3.8) is 0 Å². The number of nitrogens with zero attached hydrogens (tertiary/aromatic N) is 1. The number of aliphatic hydroxyl groups is 1. The van der Waals surface area contributed by atoms with Crippen LogP contribution >= 0.6 is 8.58 Å². The molecule has 0 aliphatic heterocycles. The summed E-state index contributed by atoms with van der Waals surface area (Å²) in [6, 6.07) is 0.